The van der Waals surface area contributed by atoms with Crippen LogP contribution in [0.4, 0.5) is 11.8 Å². The summed E-state index contributed by atoms with van der Waals surface area (Å²) >= 11 is 0. The van der Waals surface area contributed by atoms with Crippen LogP contribution in [0, 0.1) is 0 Å². The van der Waals surface area contributed by atoms with Gasteiger partial charge < -0.3 is 14.7 Å². The molecular formula is C17H23N7O. The van der Waals surface area contributed by atoms with E-state index in [0.29, 0.717) is 19.6 Å². The van der Waals surface area contributed by atoms with Gasteiger partial charge >= 0.3 is 0 Å². The van der Waals surface area contributed by atoms with Crippen LogP contribution in [-0.2, 0) is 11.3 Å². The van der Waals surface area contributed by atoms with E-state index in [1.165, 1.54) is 12.8 Å². The average Bonchev–Trinajstić information content (AvgIpc) is 3.36. The van der Waals surface area contributed by atoms with Crippen LogP contribution in [0.3, 0.4) is 0 Å². The largest absolute Gasteiger partial charge is 0.353 e. The van der Waals surface area contributed by atoms with Gasteiger partial charge in [-0.15, -0.1) is 0 Å². The molecule has 2 aromatic heterocycles. The van der Waals surface area contributed by atoms with Gasteiger partial charge in [-0.25, -0.2) is 4.98 Å². The first kappa shape index (κ1) is 15.9. The van der Waals surface area contributed by atoms with Crippen molar-refractivity contribution < 1.29 is 4.79 Å². The zero-order chi connectivity index (χ0) is 17.1. The Kier molecular flexibility index (Phi) is 4.49. The lowest BCUT2D eigenvalue weighted by Gasteiger charge is -2.35. The predicted octanol–water partition coefficient (Wildman–Crippen LogP) is 0.622. The van der Waals surface area contributed by atoms with Crippen molar-refractivity contribution in [3.8, 4) is 0 Å². The minimum Gasteiger partial charge on any atom is -0.353 e. The molecule has 8 heteroatoms. The summed E-state index contributed by atoms with van der Waals surface area (Å²) in [7, 11) is 0. The van der Waals surface area contributed by atoms with Gasteiger partial charge in [0.05, 0.1) is 0 Å². The molecule has 0 aromatic carbocycles. The zero-order valence-corrected chi connectivity index (χ0v) is 14.3. The quantitative estimate of drug-likeness (QED) is 0.812. The highest BCUT2D eigenvalue weighted by Gasteiger charge is 2.23. The summed E-state index contributed by atoms with van der Waals surface area (Å²) in [5.74, 6) is 1.90. The highest BCUT2D eigenvalue weighted by atomic mass is 16.2. The Morgan fingerprint density at radius 2 is 1.80 bits per heavy atom. The van der Waals surface area contributed by atoms with Gasteiger partial charge in [0.15, 0.2) is 0 Å². The normalized spacial score (nSPS) is 18.0. The van der Waals surface area contributed by atoms with Gasteiger partial charge in [-0.1, -0.05) is 0 Å². The number of piperazine rings is 1. The van der Waals surface area contributed by atoms with Gasteiger partial charge in [0.25, 0.3) is 0 Å². The van der Waals surface area contributed by atoms with Crippen LogP contribution in [0.15, 0.2) is 30.7 Å². The summed E-state index contributed by atoms with van der Waals surface area (Å²) in [5.41, 5.74) is 0. The fourth-order valence-corrected chi connectivity index (χ4v) is 3.40. The first-order chi connectivity index (χ1) is 12.3. The first-order valence-corrected chi connectivity index (χ1v) is 8.88. The summed E-state index contributed by atoms with van der Waals surface area (Å²) < 4.78 is 1.67. The summed E-state index contributed by atoms with van der Waals surface area (Å²) in [5, 5.41) is 4.10. The number of hydrogen-bond donors (Lipinski definition) is 0. The monoisotopic (exact) mass is 341 g/mol. The third kappa shape index (κ3) is 3.57. The van der Waals surface area contributed by atoms with Gasteiger partial charge in [-0.3, -0.25) is 9.48 Å². The van der Waals surface area contributed by atoms with Crippen molar-refractivity contribution in [2.24, 2.45) is 0 Å². The molecule has 1 amide bonds. The third-order valence-corrected chi connectivity index (χ3v) is 4.83. The molecule has 2 aliphatic heterocycles. The zero-order valence-electron chi connectivity index (χ0n) is 14.3. The van der Waals surface area contributed by atoms with Crippen molar-refractivity contribution in [3.63, 3.8) is 0 Å². The van der Waals surface area contributed by atoms with E-state index in [1.54, 1.807) is 10.9 Å². The van der Waals surface area contributed by atoms with Crippen LogP contribution in [0.25, 0.3) is 0 Å². The number of anilines is 2. The molecule has 4 rings (SSSR count). The molecular weight excluding hydrogens is 318 g/mol. The lowest BCUT2D eigenvalue weighted by Crippen LogP contribution is -2.50. The smallest absolute Gasteiger partial charge is 0.244 e. The van der Waals surface area contributed by atoms with E-state index < -0.39 is 0 Å². The Hall–Kier alpha value is -2.64. The minimum atomic E-state index is 0.115. The molecule has 132 valence electrons. The number of amides is 1. The average molecular weight is 341 g/mol. The van der Waals surface area contributed by atoms with E-state index >= 15 is 0 Å². The van der Waals surface area contributed by atoms with Crippen molar-refractivity contribution in [2.45, 2.75) is 19.4 Å². The molecule has 0 radical (unpaired) electrons. The lowest BCUT2D eigenvalue weighted by molar-refractivity contribution is -0.132. The van der Waals surface area contributed by atoms with Gasteiger partial charge in [-0.05, 0) is 25.0 Å². The number of aromatic nitrogens is 4. The fourth-order valence-electron chi connectivity index (χ4n) is 3.40. The maximum Gasteiger partial charge on any atom is 0.244 e. The molecule has 25 heavy (non-hydrogen) atoms. The topological polar surface area (TPSA) is 70.4 Å². The molecule has 0 spiro atoms. The van der Waals surface area contributed by atoms with Gasteiger partial charge in [0.1, 0.15) is 12.4 Å². The maximum absolute atomic E-state index is 12.4. The second kappa shape index (κ2) is 7.08. The molecule has 2 fully saturated rings. The molecule has 0 unspecified atom stereocenters. The molecule has 4 heterocycles. The van der Waals surface area contributed by atoms with E-state index in [1.807, 2.05) is 29.4 Å². The Labute approximate surface area is 147 Å². The highest BCUT2D eigenvalue weighted by molar-refractivity contribution is 5.76. The third-order valence-electron chi connectivity index (χ3n) is 4.83. The number of carbonyl (C=O) groups excluding carboxylic acids is 1. The molecule has 2 aliphatic rings. The number of rotatable bonds is 4. The maximum atomic E-state index is 12.4. The van der Waals surface area contributed by atoms with Crippen LogP contribution < -0.4 is 9.80 Å². The summed E-state index contributed by atoms with van der Waals surface area (Å²) in [4.78, 5) is 27.9. The van der Waals surface area contributed by atoms with Crippen LogP contribution in [-0.4, -0.2) is 69.8 Å². The minimum absolute atomic E-state index is 0.115. The Balaban J connectivity index is 1.35. The Morgan fingerprint density at radius 3 is 2.52 bits per heavy atom. The number of hydrogen-bond acceptors (Lipinski definition) is 6. The molecule has 2 saturated heterocycles. The van der Waals surface area contributed by atoms with E-state index in [0.717, 1.165) is 37.9 Å². The second-order valence-electron chi connectivity index (χ2n) is 6.48. The molecule has 0 N–H and O–H groups in total. The van der Waals surface area contributed by atoms with Gasteiger partial charge in [-0.2, -0.15) is 10.1 Å². The van der Waals surface area contributed by atoms with Gasteiger partial charge in [0, 0.05) is 57.9 Å². The van der Waals surface area contributed by atoms with Crippen molar-refractivity contribution in [1.82, 2.24) is 24.6 Å². The van der Waals surface area contributed by atoms with Gasteiger partial charge in [0.2, 0.25) is 11.9 Å². The van der Waals surface area contributed by atoms with Crippen LogP contribution in [0.1, 0.15) is 12.8 Å². The Bertz CT molecular complexity index is 704. The van der Waals surface area contributed by atoms with Crippen molar-refractivity contribution >= 4 is 17.7 Å². The van der Waals surface area contributed by atoms with Crippen LogP contribution in [0.2, 0.25) is 0 Å². The molecule has 0 aliphatic carbocycles. The van der Waals surface area contributed by atoms with E-state index in [-0.39, 0.29) is 5.91 Å². The van der Waals surface area contributed by atoms with E-state index in [2.05, 4.69) is 19.9 Å². The lowest BCUT2D eigenvalue weighted by atomic mass is 10.3. The van der Waals surface area contributed by atoms with E-state index in [4.69, 9.17) is 4.98 Å². The molecule has 0 atom stereocenters. The van der Waals surface area contributed by atoms with Crippen molar-refractivity contribution in [1.29, 1.82) is 0 Å². The second-order valence-corrected chi connectivity index (χ2v) is 6.48. The molecule has 8 nitrogen and oxygen atoms in total. The van der Waals surface area contributed by atoms with Crippen LogP contribution >= 0.6 is 0 Å². The highest BCUT2D eigenvalue weighted by Crippen LogP contribution is 2.20. The molecule has 2 aromatic rings. The molecule has 0 bridgehead atoms. The summed E-state index contributed by atoms with van der Waals surface area (Å²) in [6.45, 7) is 5.40. The fraction of sp³-hybridized carbons (Fsp3) is 0.529. The Morgan fingerprint density at radius 1 is 1.00 bits per heavy atom. The van der Waals surface area contributed by atoms with Crippen molar-refractivity contribution in [2.75, 3.05) is 49.1 Å². The van der Waals surface area contributed by atoms with Crippen molar-refractivity contribution in [3.05, 3.63) is 30.7 Å². The first-order valence-electron chi connectivity index (χ1n) is 8.88. The standard InChI is InChI=1S/C17H23N7O/c25-16(14-24-9-3-5-19-24)22-12-10-21(11-13-22)15-4-6-18-17(20-15)23-7-1-2-8-23/h3-6,9H,1-2,7-8,10-14H2. The number of carbonyl (C=O) groups is 1. The predicted molar refractivity (Wildman–Crippen MR) is 94.5 cm³/mol. The summed E-state index contributed by atoms with van der Waals surface area (Å²) in [6, 6.07) is 3.79. The SMILES string of the molecule is O=C(Cn1cccn1)N1CCN(c2ccnc(N3CCCC3)n2)CC1. The summed E-state index contributed by atoms with van der Waals surface area (Å²) in [6.07, 6.45) is 7.77. The van der Waals surface area contributed by atoms with Crippen LogP contribution in [0.5, 0.6) is 0 Å². The number of nitrogens with zero attached hydrogens (tertiary/aromatic N) is 7. The molecule has 0 saturated carbocycles. The van der Waals surface area contributed by atoms with E-state index in [9.17, 15) is 4.79 Å².